The van der Waals surface area contributed by atoms with Gasteiger partial charge in [-0.15, -0.1) is 11.6 Å². The molecule has 1 aromatic rings. The van der Waals surface area contributed by atoms with Crippen molar-refractivity contribution in [1.82, 2.24) is 5.32 Å². The summed E-state index contributed by atoms with van der Waals surface area (Å²) in [5.74, 6) is -2.84. The second-order valence-electron chi connectivity index (χ2n) is 3.71. The van der Waals surface area contributed by atoms with Crippen molar-refractivity contribution in [3.05, 3.63) is 35.9 Å². The first-order chi connectivity index (χ1) is 7.56. The molecule has 1 nitrogen and oxygen atoms in total. The highest BCUT2D eigenvalue weighted by Crippen LogP contribution is 2.26. The number of nitrogens with one attached hydrogen (secondary N) is 1. The van der Waals surface area contributed by atoms with Crippen molar-refractivity contribution in [2.24, 2.45) is 0 Å². The van der Waals surface area contributed by atoms with Gasteiger partial charge in [-0.05, 0) is 6.42 Å². The molecule has 1 aromatic carbocycles. The lowest BCUT2D eigenvalue weighted by atomic mass is 10.1. The average Bonchev–Trinajstić information content (AvgIpc) is 2.30. The lowest BCUT2D eigenvalue weighted by Gasteiger charge is -2.18. The molecule has 4 heteroatoms. The summed E-state index contributed by atoms with van der Waals surface area (Å²) in [4.78, 5) is 0. The minimum atomic E-state index is -2.84. The Morgan fingerprint density at radius 1 is 1.31 bits per heavy atom. The zero-order valence-electron chi connectivity index (χ0n) is 9.22. The van der Waals surface area contributed by atoms with Crippen LogP contribution in [0.15, 0.2) is 30.3 Å². The van der Waals surface area contributed by atoms with Gasteiger partial charge in [0.25, 0.3) is 5.92 Å². The molecule has 0 amide bonds. The topological polar surface area (TPSA) is 12.0 Å². The highest BCUT2D eigenvalue weighted by atomic mass is 35.5. The molecule has 0 heterocycles. The molecule has 0 spiro atoms. The minimum Gasteiger partial charge on any atom is -0.309 e. The van der Waals surface area contributed by atoms with Crippen LogP contribution in [0.1, 0.15) is 18.9 Å². The zero-order chi connectivity index (χ0) is 12.0. The van der Waals surface area contributed by atoms with E-state index in [1.165, 1.54) is 12.1 Å². The first kappa shape index (κ1) is 13.4. The molecule has 0 aliphatic carbocycles. The van der Waals surface area contributed by atoms with Gasteiger partial charge in [-0.25, -0.2) is 0 Å². The van der Waals surface area contributed by atoms with Crippen molar-refractivity contribution >= 4 is 11.6 Å². The first-order valence-corrected chi connectivity index (χ1v) is 5.78. The predicted molar refractivity (Wildman–Crippen MR) is 63.1 cm³/mol. The summed E-state index contributed by atoms with van der Waals surface area (Å²) in [6.45, 7) is 1.95. The number of rotatable bonds is 6. The van der Waals surface area contributed by atoms with E-state index in [0.717, 1.165) is 6.42 Å². The van der Waals surface area contributed by atoms with Gasteiger partial charge >= 0.3 is 0 Å². The Morgan fingerprint density at radius 3 is 2.50 bits per heavy atom. The third-order valence-corrected chi connectivity index (χ3v) is 2.81. The van der Waals surface area contributed by atoms with E-state index in [1.807, 2.05) is 6.92 Å². The maximum atomic E-state index is 13.6. The number of hydrogen-bond donors (Lipinski definition) is 1. The van der Waals surface area contributed by atoms with Crippen molar-refractivity contribution < 1.29 is 8.78 Å². The second-order valence-corrected chi connectivity index (χ2v) is 4.32. The van der Waals surface area contributed by atoms with Gasteiger partial charge in [0.05, 0.1) is 6.54 Å². The van der Waals surface area contributed by atoms with Gasteiger partial charge in [0.2, 0.25) is 0 Å². The molecule has 0 fully saturated rings. The van der Waals surface area contributed by atoms with Crippen molar-refractivity contribution in [2.75, 3.05) is 13.1 Å². The zero-order valence-corrected chi connectivity index (χ0v) is 9.98. The van der Waals surface area contributed by atoms with Crippen LogP contribution in [0.3, 0.4) is 0 Å². The summed E-state index contributed by atoms with van der Waals surface area (Å²) in [7, 11) is 0. The molecule has 0 bridgehead atoms. The summed E-state index contributed by atoms with van der Waals surface area (Å²) in [6, 6.07) is 7.80. The lowest BCUT2D eigenvalue weighted by Crippen LogP contribution is -2.34. The van der Waals surface area contributed by atoms with Crippen molar-refractivity contribution in [3.63, 3.8) is 0 Å². The monoisotopic (exact) mass is 247 g/mol. The number of hydrogen-bond acceptors (Lipinski definition) is 1. The van der Waals surface area contributed by atoms with Crippen LogP contribution in [0, 0.1) is 0 Å². The fourth-order valence-electron chi connectivity index (χ4n) is 1.31. The van der Waals surface area contributed by atoms with Gasteiger partial charge in [0.1, 0.15) is 0 Å². The van der Waals surface area contributed by atoms with Crippen molar-refractivity contribution in [3.8, 4) is 0 Å². The summed E-state index contributed by atoms with van der Waals surface area (Å²) in [5.41, 5.74) is 0.0325. The molecule has 1 unspecified atom stereocenters. The first-order valence-electron chi connectivity index (χ1n) is 5.34. The van der Waals surface area contributed by atoms with E-state index in [0.29, 0.717) is 6.54 Å². The Morgan fingerprint density at radius 2 is 1.94 bits per heavy atom. The van der Waals surface area contributed by atoms with E-state index in [9.17, 15) is 8.78 Å². The molecule has 0 radical (unpaired) electrons. The van der Waals surface area contributed by atoms with Gasteiger partial charge in [-0.1, -0.05) is 37.3 Å². The van der Waals surface area contributed by atoms with Crippen LogP contribution in [0.5, 0.6) is 0 Å². The van der Waals surface area contributed by atoms with Crippen LogP contribution in [0.2, 0.25) is 0 Å². The number of alkyl halides is 3. The number of halogens is 3. The van der Waals surface area contributed by atoms with Crippen molar-refractivity contribution in [2.45, 2.75) is 24.6 Å². The maximum absolute atomic E-state index is 13.6. The molecule has 0 aromatic heterocycles. The fraction of sp³-hybridized carbons (Fsp3) is 0.500. The fourth-order valence-corrected chi connectivity index (χ4v) is 1.42. The smallest absolute Gasteiger partial charge is 0.285 e. The molecule has 0 aliphatic heterocycles. The summed E-state index contributed by atoms with van der Waals surface area (Å²) in [6.07, 6.45) is 0.769. The van der Waals surface area contributed by atoms with Crippen LogP contribution < -0.4 is 5.32 Å². The van der Waals surface area contributed by atoms with Crippen LogP contribution in [-0.2, 0) is 5.92 Å². The van der Waals surface area contributed by atoms with E-state index in [2.05, 4.69) is 5.32 Å². The highest BCUT2D eigenvalue weighted by Gasteiger charge is 2.30. The molecule has 16 heavy (non-hydrogen) atoms. The van der Waals surface area contributed by atoms with E-state index < -0.39 is 5.92 Å². The quantitative estimate of drug-likeness (QED) is 0.760. The standard InChI is InChI=1S/C12H16ClF2N/c1-2-11(13)8-16-9-12(14,15)10-6-4-3-5-7-10/h3-7,11,16H,2,8-9H2,1H3. The molecule has 0 aliphatic rings. The van der Waals surface area contributed by atoms with E-state index in [4.69, 9.17) is 11.6 Å². The molecule has 1 atom stereocenters. The average molecular weight is 248 g/mol. The Balaban J connectivity index is 2.46. The molecular formula is C12H16ClF2N. The van der Waals surface area contributed by atoms with Gasteiger partial charge in [-0.3, -0.25) is 0 Å². The van der Waals surface area contributed by atoms with E-state index >= 15 is 0 Å². The van der Waals surface area contributed by atoms with Gasteiger partial charge in [-0.2, -0.15) is 8.78 Å². The summed E-state index contributed by atoms with van der Waals surface area (Å²) < 4.78 is 27.2. The normalized spacial score (nSPS) is 13.8. The largest absolute Gasteiger partial charge is 0.309 e. The Bertz CT molecular complexity index is 303. The maximum Gasteiger partial charge on any atom is 0.285 e. The Hall–Kier alpha value is -0.670. The third-order valence-electron chi connectivity index (χ3n) is 2.35. The predicted octanol–water partition coefficient (Wildman–Crippen LogP) is 3.39. The molecular weight excluding hydrogens is 232 g/mol. The van der Waals surface area contributed by atoms with Crippen molar-refractivity contribution in [1.29, 1.82) is 0 Å². The lowest BCUT2D eigenvalue weighted by molar-refractivity contribution is -0.00292. The molecule has 1 rings (SSSR count). The molecule has 90 valence electrons. The molecule has 1 N–H and O–H groups in total. The van der Waals surface area contributed by atoms with Gasteiger partial charge < -0.3 is 5.32 Å². The van der Waals surface area contributed by atoms with Crippen LogP contribution >= 0.6 is 11.6 Å². The Kier molecular flexibility index (Phi) is 5.16. The molecule has 0 saturated heterocycles. The van der Waals surface area contributed by atoms with Gasteiger partial charge in [0.15, 0.2) is 0 Å². The highest BCUT2D eigenvalue weighted by molar-refractivity contribution is 6.20. The summed E-state index contributed by atoms with van der Waals surface area (Å²) in [5, 5.41) is 2.60. The number of benzene rings is 1. The Labute approximate surface area is 99.8 Å². The third kappa shape index (κ3) is 4.06. The molecule has 0 saturated carbocycles. The van der Waals surface area contributed by atoms with Gasteiger partial charge in [0, 0.05) is 17.5 Å². The summed E-state index contributed by atoms with van der Waals surface area (Å²) >= 11 is 5.83. The van der Waals surface area contributed by atoms with Crippen LogP contribution in [0.4, 0.5) is 8.78 Å². The van der Waals surface area contributed by atoms with E-state index in [-0.39, 0.29) is 17.5 Å². The van der Waals surface area contributed by atoms with Crippen LogP contribution in [-0.4, -0.2) is 18.5 Å². The second kappa shape index (κ2) is 6.16. The van der Waals surface area contributed by atoms with E-state index in [1.54, 1.807) is 18.2 Å². The van der Waals surface area contributed by atoms with Crippen LogP contribution in [0.25, 0.3) is 0 Å². The minimum absolute atomic E-state index is 0.0325. The SMILES string of the molecule is CCC(Cl)CNCC(F)(F)c1ccccc1.